The topological polar surface area (TPSA) is 48.4 Å². The van der Waals surface area contributed by atoms with Gasteiger partial charge < -0.3 is 9.47 Å². The Morgan fingerprint density at radius 1 is 1.44 bits per heavy atom. The van der Waals surface area contributed by atoms with Gasteiger partial charge in [0.15, 0.2) is 0 Å². The lowest BCUT2D eigenvalue weighted by molar-refractivity contribution is -0.276. The number of carbonyl (C=O) groups is 1. The van der Waals surface area contributed by atoms with Crippen molar-refractivity contribution in [3.63, 3.8) is 0 Å². The Bertz CT molecular complexity index is 459. The molecule has 4 nitrogen and oxygen atoms in total. The number of hydrogen-bond donors (Lipinski definition) is 0. The Morgan fingerprint density at radius 2 is 2.06 bits per heavy atom. The molecule has 0 aliphatic carbocycles. The largest absolute Gasteiger partial charge is 0.574 e. The van der Waals surface area contributed by atoms with Gasteiger partial charge in [0.1, 0.15) is 0 Å². The maximum atomic E-state index is 13.3. The minimum absolute atomic E-state index is 0.0346. The van der Waals surface area contributed by atoms with Gasteiger partial charge in [0, 0.05) is 11.1 Å². The lowest BCUT2D eigenvalue weighted by atomic mass is 10.1. The molecule has 0 N–H and O–H groups in total. The molecule has 0 aliphatic rings. The highest BCUT2D eigenvalue weighted by molar-refractivity contribution is 5.72. The van der Waals surface area contributed by atoms with Crippen LogP contribution in [0.5, 0.6) is 5.88 Å². The van der Waals surface area contributed by atoms with Crippen LogP contribution >= 0.6 is 0 Å². The molecule has 1 aromatic rings. The van der Waals surface area contributed by atoms with E-state index in [1.807, 2.05) is 0 Å². The third-order valence-corrected chi connectivity index (χ3v) is 1.97. The lowest BCUT2D eigenvalue weighted by Gasteiger charge is -2.11. The van der Waals surface area contributed by atoms with Crippen molar-refractivity contribution < 1.29 is 31.8 Å². The van der Waals surface area contributed by atoms with Crippen molar-refractivity contribution in [3.05, 3.63) is 23.1 Å². The minimum atomic E-state index is -4.95. The van der Waals surface area contributed by atoms with Crippen molar-refractivity contribution in [2.24, 2.45) is 0 Å². The van der Waals surface area contributed by atoms with E-state index in [-0.39, 0.29) is 11.1 Å². The van der Waals surface area contributed by atoms with E-state index in [9.17, 15) is 22.4 Å². The van der Waals surface area contributed by atoms with Crippen LogP contribution in [-0.2, 0) is 16.0 Å². The third kappa shape index (κ3) is 3.86. The molecule has 1 rings (SSSR count). The standard InChI is InChI=1S/C10H9F4NO3/c1-5-3-6(4-7(16)17-2)8(11)15-9(5)18-10(12,13)14/h3H,4H2,1-2H3. The number of ether oxygens (including phenoxy) is 2. The highest BCUT2D eigenvalue weighted by atomic mass is 19.4. The molecular weight excluding hydrogens is 258 g/mol. The molecule has 0 aliphatic heterocycles. The van der Waals surface area contributed by atoms with Crippen LogP contribution in [0.4, 0.5) is 17.6 Å². The fraction of sp³-hybridized carbons (Fsp3) is 0.400. The fourth-order valence-corrected chi connectivity index (χ4v) is 1.20. The van der Waals surface area contributed by atoms with Gasteiger partial charge in [-0.15, -0.1) is 13.2 Å². The second-order valence-electron chi connectivity index (χ2n) is 3.36. The van der Waals surface area contributed by atoms with E-state index in [0.29, 0.717) is 0 Å². The predicted molar refractivity (Wildman–Crippen MR) is 51.3 cm³/mol. The van der Waals surface area contributed by atoms with Gasteiger partial charge in [-0.25, -0.2) is 0 Å². The minimum Gasteiger partial charge on any atom is -0.469 e. The normalized spacial score (nSPS) is 11.2. The zero-order valence-corrected chi connectivity index (χ0v) is 9.47. The first-order chi connectivity index (χ1) is 8.23. The van der Waals surface area contributed by atoms with Gasteiger partial charge in [0.2, 0.25) is 11.8 Å². The number of nitrogens with zero attached hydrogens (tertiary/aromatic N) is 1. The summed E-state index contributed by atoms with van der Waals surface area (Å²) in [6.07, 6.45) is -5.36. The Morgan fingerprint density at radius 3 is 2.56 bits per heavy atom. The van der Waals surface area contributed by atoms with Crippen molar-refractivity contribution in [2.75, 3.05) is 7.11 Å². The molecule has 0 unspecified atom stereocenters. The number of aromatic nitrogens is 1. The van der Waals surface area contributed by atoms with E-state index in [1.54, 1.807) is 0 Å². The average molecular weight is 267 g/mol. The van der Waals surface area contributed by atoms with Crippen molar-refractivity contribution in [1.82, 2.24) is 4.98 Å². The number of alkyl halides is 3. The zero-order chi connectivity index (χ0) is 13.9. The SMILES string of the molecule is COC(=O)Cc1cc(C)c(OC(F)(F)F)nc1F. The van der Waals surface area contributed by atoms with Crippen LogP contribution in [0.25, 0.3) is 0 Å². The summed E-state index contributed by atoms with van der Waals surface area (Å²) in [5, 5.41) is 0. The molecule has 0 amide bonds. The van der Waals surface area contributed by atoms with E-state index in [1.165, 1.54) is 6.92 Å². The number of carbonyl (C=O) groups excluding carboxylic acids is 1. The monoisotopic (exact) mass is 267 g/mol. The van der Waals surface area contributed by atoms with Crippen LogP contribution in [0, 0.1) is 12.9 Å². The Balaban J connectivity index is 3.01. The molecule has 0 bridgehead atoms. The van der Waals surface area contributed by atoms with Gasteiger partial charge in [-0.2, -0.15) is 9.37 Å². The fourth-order valence-electron chi connectivity index (χ4n) is 1.20. The number of halogens is 4. The number of hydrogen-bond acceptors (Lipinski definition) is 4. The second kappa shape index (κ2) is 5.19. The molecule has 0 saturated carbocycles. The van der Waals surface area contributed by atoms with Gasteiger partial charge >= 0.3 is 12.3 Å². The summed E-state index contributed by atoms with van der Waals surface area (Å²) < 4.78 is 57.1. The van der Waals surface area contributed by atoms with Gasteiger partial charge in [-0.05, 0) is 13.0 Å². The summed E-state index contributed by atoms with van der Waals surface area (Å²) in [5.74, 6) is -2.81. The molecule has 8 heteroatoms. The highest BCUT2D eigenvalue weighted by Gasteiger charge is 2.33. The summed E-state index contributed by atoms with van der Waals surface area (Å²) in [6.45, 7) is 1.26. The summed E-state index contributed by atoms with van der Waals surface area (Å²) >= 11 is 0. The molecule has 0 radical (unpaired) electrons. The molecule has 0 spiro atoms. The zero-order valence-electron chi connectivity index (χ0n) is 9.47. The number of rotatable bonds is 3. The summed E-state index contributed by atoms with van der Waals surface area (Å²) in [5.41, 5.74) is -0.193. The van der Waals surface area contributed by atoms with E-state index in [0.717, 1.165) is 13.2 Å². The summed E-state index contributed by atoms with van der Waals surface area (Å²) in [7, 11) is 1.11. The average Bonchev–Trinajstić information content (AvgIpc) is 2.23. The number of pyridine rings is 1. The quantitative estimate of drug-likeness (QED) is 0.478. The maximum absolute atomic E-state index is 13.3. The molecule has 0 saturated heterocycles. The van der Waals surface area contributed by atoms with Gasteiger partial charge in [0.05, 0.1) is 13.5 Å². The molecule has 0 atom stereocenters. The van der Waals surface area contributed by atoms with Gasteiger partial charge in [-0.1, -0.05) is 0 Å². The molecule has 1 heterocycles. The Kier molecular flexibility index (Phi) is 4.10. The van der Waals surface area contributed by atoms with E-state index >= 15 is 0 Å². The van der Waals surface area contributed by atoms with E-state index in [2.05, 4.69) is 14.5 Å². The molecule has 18 heavy (non-hydrogen) atoms. The number of methoxy groups -OCH3 is 1. The number of aryl methyl sites for hydroxylation is 1. The van der Waals surface area contributed by atoms with Crippen molar-refractivity contribution >= 4 is 5.97 Å². The van der Waals surface area contributed by atoms with Crippen LogP contribution in [0.15, 0.2) is 6.07 Å². The van der Waals surface area contributed by atoms with Crippen LogP contribution in [-0.4, -0.2) is 24.4 Å². The Hall–Kier alpha value is -1.86. The first-order valence-electron chi connectivity index (χ1n) is 4.71. The van der Waals surface area contributed by atoms with Crippen LogP contribution in [0.3, 0.4) is 0 Å². The molecule has 0 aromatic carbocycles. The van der Waals surface area contributed by atoms with E-state index in [4.69, 9.17) is 0 Å². The predicted octanol–water partition coefficient (Wildman–Crippen LogP) is 2.14. The van der Waals surface area contributed by atoms with Crippen molar-refractivity contribution in [3.8, 4) is 5.88 Å². The lowest BCUT2D eigenvalue weighted by Crippen LogP contribution is -2.19. The van der Waals surface area contributed by atoms with Crippen molar-refractivity contribution in [1.29, 1.82) is 0 Å². The smallest absolute Gasteiger partial charge is 0.469 e. The molecule has 100 valence electrons. The van der Waals surface area contributed by atoms with E-state index < -0.39 is 30.6 Å². The summed E-state index contributed by atoms with van der Waals surface area (Å²) in [4.78, 5) is 14.0. The van der Waals surface area contributed by atoms with Crippen molar-refractivity contribution in [2.45, 2.75) is 19.7 Å². The molecule has 1 aromatic heterocycles. The first kappa shape index (κ1) is 14.2. The number of esters is 1. The molecular formula is C10H9F4NO3. The van der Waals surface area contributed by atoms with Gasteiger partial charge in [-0.3, -0.25) is 4.79 Å². The third-order valence-electron chi connectivity index (χ3n) is 1.97. The van der Waals surface area contributed by atoms with Crippen LogP contribution < -0.4 is 4.74 Å². The van der Waals surface area contributed by atoms with Crippen LogP contribution in [0.1, 0.15) is 11.1 Å². The van der Waals surface area contributed by atoms with Gasteiger partial charge in [0.25, 0.3) is 0 Å². The second-order valence-corrected chi connectivity index (χ2v) is 3.36. The van der Waals surface area contributed by atoms with Crippen LogP contribution in [0.2, 0.25) is 0 Å². The highest BCUT2D eigenvalue weighted by Crippen LogP contribution is 2.25. The Labute approximate surface area is 99.5 Å². The maximum Gasteiger partial charge on any atom is 0.574 e. The summed E-state index contributed by atoms with van der Waals surface area (Å²) in [6, 6.07) is 1.06. The first-order valence-corrected chi connectivity index (χ1v) is 4.71. The molecule has 0 fully saturated rings.